The minimum Gasteiger partial charge on any atom is -0.332 e. The molecule has 0 fully saturated rings. The first-order valence-corrected chi connectivity index (χ1v) is 23.5. The Bertz CT molecular complexity index is 3610. The molecule has 1 aliphatic heterocycles. The Labute approximate surface area is 396 Å². The van der Waals surface area contributed by atoms with Gasteiger partial charge in [0.1, 0.15) is 0 Å². The van der Waals surface area contributed by atoms with E-state index in [0.717, 1.165) is 50.5 Å². The predicted molar refractivity (Wildman–Crippen MR) is 285 cm³/mol. The van der Waals surface area contributed by atoms with Gasteiger partial charge in [0.25, 0.3) is 0 Å². The van der Waals surface area contributed by atoms with Crippen molar-refractivity contribution in [1.29, 1.82) is 0 Å². The smallest absolute Gasteiger partial charge is 0.0782 e. The zero-order valence-corrected chi connectivity index (χ0v) is 37.3. The SMILES string of the molecule is C1=CC2c3ccc4c5ccccc5n(-c5cc(-c6ccccc6)cc(-c6cc(-c7ccccc7)nc(-c7ccccc7)c6)c5)c4c3N(c3cc(-c4ccccc4)cc(-c4ccccc4)c3)C2C=C1. The van der Waals surface area contributed by atoms with Gasteiger partial charge in [0.2, 0.25) is 0 Å². The third-order valence-electron chi connectivity index (χ3n) is 13.8. The standard InChI is InChI=1S/C65H45N3/c1-6-20-44(21-7-1)49-36-50(45-22-8-2-9-23-45)39-54(38-49)67-62-32-18-16-30-56(62)58-34-35-59-57-31-17-19-33-63(57)68(65(59)64(58)67)55-40-51(46-24-10-3-11-25-46)37-52(41-55)53-42-60(47-26-12-4-13-27-47)66-61(43-53)48-28-14-5-15-29-48/h1-43,56,62H. The molecule has 3 heteroatoms. The van der Waals surface area contributed by atoms with Gasteiger partial charge in [-0.3, -0.25) is 0 Å². The van der Waals surface area contributed by atoms with Gasteiger partial charge in [0.05, 0.1) is 34.2 Å². The molecule has 3 heterocycles. The van der Waals surface area contributed by atoms with Crippen LogP contribution in [0.2, 0.25) is 0 Å². The van der Waals surface area contributed by atoms with E-state index in [2.05, 4.69) is 270 Å². The lowest BCUT2D eigenvalue weighted by Crippen LogP contribution is -2.28. The Morgan fingerprint density at radius 2 is 0.779 bits per heavy atom. The van der Waals surface area contributed by atoms with E-state index < -0.39 is 0 Å². The molecular formula is C65H45N3. The van der Waals surface area contributed by atoms with E-state index in [-0.39, 0.29) is 12.0 Å². The molecule has 3 nitrogen and oxygen atoms in total. The molecule has 0 amide bonds. The summed E-state index contributed by atoms with van der Waals surface area (Å²) in [6.07, 6.45) is 9.24. The van der Waals surface area contributed by atoms with Crippen LogP contribution in [0.15, 0.2) is 261 Å². The highest BCUT2D eigenvalue weighted by Gasteiger charge is 2.40. The van der Waals surface area contributed by atoms with Crippen LogP contribution in [-0.2, 0) is 0 Å². The minimum atomic E-state index is 0.0811. The average Bonchev–Trinajstić information content (AvgIpc) is 3.95. The Hall–Kier alpha value is -8.79. The summed E-state index contributed by atoms with van der Waals surface area (Å²) in [5.74, 6) is 0.169. The van der Waals surface area contributed by atoms with Gasteiger partial charge >= 0.3 is 0 Å². The van der Waals surface area contributed by atoms with Gasteiger partial charge in [-0.15, -0.1) is 0 Å². The fourth-order valence-corrected chi connectivity index (χ4v) is 10.7. The van der Waals surface area contributed by atoms with E-state index >= 15 is 0 Å². The molecule has 1 aliphatic carbocycles. The van der Waals surface area contributed by atoms with E-state index in [0.29, 0.717) is 0 Å². The summed E-state index contributed by atoms with van der Waals surface area (Å²) in [5, 5.41) is 2.45. The largest absolute Gasteiger partial charge is 0.332 e. The molecule has 2 aliphatic rings. The third-order valence-corrected chi connectivity index (χ3v) is 13.8. The topological polar surface area (TPSA) is 21.1 Å². The highest BCUT2D eigenvalue weighted by atomic mass is 15.2. The van der Waals surface area contributed by atoms with Gasteiger partial charge in [0.15, 0.2) is 0 Å². The second-order valence-corrected chi connectivity index (χ2v) is 17.9. The molecule has 68 heavy (non-hydrogen) atoms. The quantitative estimate of drug-likeness (QED) is 0.152. The number of benzene rings is 9. The van der Waals surface area contributed by atoms with Crippen LogP contribution < -0.4 is 4.90 Å². The van der Waals surface area contributed by atoms with Crippen LogP contribution in [0.1, 0.15) is 11.5 Å². The summed E-state index contributed by atoms with van der Waals surface area (Å²) in [5.41, 5.74) is 20.6. The van der Waals surface area contributed by atoms with Gasteiger partial charge < -0.3 is 9.47 Å². The Morgan fingerprint density at radius 3 is 1.32 bits per heavy atom. The summed E-state index contributed by atoms with van der Waals surface area (Å²) in [6.45, 7) is 0. The molecule has 2 unspecified atom stereocenters. The summed E-state index contributed by atoms with van der Waals surface area (Å²) in [7, 11) is 0. The predicted octanol–water partition coefficient (Wildman–Crippen LogP) is 16.9. The molecule has 0 bridgehead atoms. The van der Waals surface area contributed by atoms with E-state index in [1.165, 1.54) is 61.0 Å². The summed E-state index contributed by atoms with van der Waals surface area (Å²) >= 11 is 0. The van der Waals surface area contributed by atoms with Crippen LogP contribution >= 0.6 is 0 Å². The Morgan fingerprint density at radius 1 is 0.338 bits per heavy atom. The molecule has 0 N–H and O–H groups in total. The Balaban J connectivity index is 1.10. The van der Waals surface area contributed by atoms with Crippen LogP contribution in [0, 0.1) is 0 Å². The number of pyridine rings is 1. The lowest BCUT2D eigenvalue weighted by atomic mass is 9.91. The number of para-hydroxylation sites is 1. The molecule has 2 aromatic heterocycles. The van der Waals surface area contributed by atoms with Gasteiger partial charge in [0, 0.05) is 39.2 Å². The maximum absolute atomic E-state index is 5.28. The fourth-order valence-electron chi connectivity index (χ4n) is 10.7. The number of fused-ring (bicyclic) bond motifs is 7. The van der Waals surface area contributed by atoms with E-state index in [9.17, 15) is 0 Å². The maximum Gasteiger partial charge on any atom is 0.0782 e. The van der Waals surface area contributed by atoms with Crippen molar-refractivity contribution >= 4 is 33.2 Å². The molecule has 0 saturated carbocycles. The van der Waals surface area contributed by atoms with Crippen LogP contribution in [0.25, 0.3) is 94.5 Å². The van der Waals surface area contributed by atoms with E-state index in [4.69, 9.17) is 4.98 Å². The maximum atomic E-state index is 5.28. The number of rotatable bonds is 8. The first-order chi connectivity index (χ1) is 33.7. The molecule has 2 atom stereocenters. The van der Waals surface area contributed by atoms with Crippen LogP contribution in [0.4, 0.5) is 11.4 Å². The van der Waals surface area contributed by atoms with Crippen molar-refractivity contribution < 1.29 is 0 Å². The number of hydrogen-bond donors (Lipinski definition) is 0. The molecular weight excluding hydrogens is 823 g/mol. The average molecular weight is 868 g/mol. The van der Waals surface area contributed by atoms with Crippen molar-refractivity contribution in [3.63, 3.8) is 0 Å². The minimum absolute atomic E-state index is 0.0811. The summed E-state index contributed by atoms with van der Waals surface area (Å²) < 4.78 is 2.55. The number of hydrogen-bond acceptors (Lipinski definition) is 2. The van der Waals surface area contributed by atoms with E-state index in [1.54, 1.807) is 0 Å². The van der Waals surface area contributed by atoms with Gasteiger partial charge in [-0.25, -0.2) is 4.98 Å². The fraction of sp³-hybridized carbons (Fsp3) is 0.0308. The second kappa shape index (κ2) is 16.6. The summed E-state index contributed by atoms with van der Waals surface area (Å²) in [6, 6.07) is 86.1. The highest BCUT2D eigenvalue weighted by Crippen LogP contribution is 2.54. The second-order valence-electron chi connectivity index (χ2n) is 17.9. The molecule has 0 spiro atoms. The van der Waals surface area contributed by atoms with Crippen molar-refractivity contribution in [2.24, 2.45) is 0 Å². The normalized spacial score (nSPS) is 14.9. The molecule has 13 rings (SSSR count). The van der Waals surface area contributed by atoms with Crippen LogP contribution in [0.5, 0.6) is 0 Å². The van der Waals surface area contributed by atoms with Crippen molar-refractivity contribution in [3.05, 3.63) is 266 Å². The van der Waals surface area contributed by atoms with Gasteiger partial charge in [-0.1, -0.05) is 206 Å². The van der Waals surface area contributed by atoms with E-state index in [1.807, 2.05) is 0 Å². The van der Waals surface area contributed by atoms with Crippen molar-refractivity contribution in [2.75, 3.05) is 4.90 Å². The molecule has 0 radical (unpaired) electrons. The Kier molecular flexibility index (Phi) is 9.64. The highest BCUT2D eigenvalue weighted by molar-refractivity contribution is 6.15. The van der Waals surface area contributed by atoms with Crippen molar-refractivity contribution in [2.45, 2.75) is 12.0 Å². The molecule has 11 aromatic rings. The lowest BCUT2D eigenvalue weighted by Gasteiger charge is -2.30. The zero-order valence-electron chi connectivity index (χ0n) is 37.3. The summed E-state index contributed by atoms with van der Waals surface area (Å²) in [4.78, 5) is 7.91. The third kappa shape index (κ3) is 6.87. The number of anilines is 2. The van der Waals surface area contributed by atoms with Crippen LogP contribution in [-0.4, -0.2) is 15.6 Å². The number of nitrogens with zero attached hydrogens (tertiary/aromatic N) is 3. The van der Waals surface area contributed by atoms with Crippen molar-refractivity contribution in [1.82, 2.24) is 9.55 Å². The lowest BCUT2D eigenvalue weighted by molar-refractivity contribution is 0.745. The monoisotopic (exact) mass is 867 g/mol. The zero-order chi connectivity index (χ0) is 45.0. The molecule has 0 saturated heterocycles. The van der Waals surface area contributed by atoms with Crippen molar-refractivity contribution in [3.8, 4) is 72.7 Å². The number of allylic oxidation sites excluding steroid dienone is 2. The first-order valence-electron chi connectivity index (χ1n) is 23.5. The van der Waals surface area contributed by atoms with Gasteiger partial charge in [-0.2, -0.15) is 0 Å². The van der Waals surface area contributed by atoms with Gasteiger partial charge in [-0.05, 0) is 105 Å². The molecule has 9 aromatic carbocycles. The molecule has 320 valence electrons. The first kappa shape index (κ1) is 39.6. The number of aromatic nitrogens is 2. The van der Waals surface area contributed by atoms with Crippen LogP contribution in [0.3, 0.4) is 0 Å².